The van der Waals surface area contributed by atoms with Gasteiger partial charge in [0.1, 0.15) is 17.5 Å². The number of Topliss-reactive ketones (excluding diaryl/α,β-unsaturated/α-hetero) is 1. The number of ketones is 1. The van der Waals surface area contributed by atoms with E-state index in [4.69, 9.17) is 9.47 Å². The van der Waals surface area contributed by atoms with Gasteiger partial charge in [-0.05, 0) is 12.1 Å². The van der Waals surface area contributed by atoms with Crippen molar-refractivity contribution in [3.63, 3.8) is 0 Å². The molecule has 4 heteroatoms. The van der Waals surface area contributed by atoms with Crippen molar-refractivity contribution in [3.8, 4) is 5.75 Å². The molecule has 1 unspecified atom stereocenters. The second-order valence-corrected chi connectivity index (χ2v) is 3.54. The smallest absolute Gasteiger partial charge is 0.178 e. The molecule has 0 bridgehead atoms. The fourth-order valence-electron chi connectivity index (χ4n) is 1.46. The highest BCUT2D eigenvalue weighted by molar-refractivity contribution is 5.92. The van der Waals surface area contributed by atoms with Crippen molar-refractivity contribution < 1.29 is 14.3 Å². The van der Waals surface area contributed by atoms with Crippen LogP contribution < -0.4 is 4.74 Å². The third kappa shape index (κ3) is 2.53. The van der Waals surface area contributed by atoms with E-state index < -0.39 is 0 Å². The van der Waals surface area contributed by atoms with Crippen molar-refractivity contribution >= 4 is 5.78 Å². The van der Waals surface area contributed by atoms with E-state index in [9.17, 15) is 4.79 Å². The van der Waals surface area contributed by atoms with Gasteiger partial charge < -0.3 is 9.47 Å². The van der Waals surface area contributed by atoms with Crippen LogP contribution >= 0.6 is 0 Å². The molecule has 80 valence electrons. The third-order valence-electron chi connectivity index (χ3n) is 2.29. The first-order valence-electron chi connectivity index (χ1n) is 4.97. The number of ether oxygens (including phenoxy) is 2. The molecule has 0 N–H and O–H groups in total. The highest BCUT2D eigenvalue weighted by Crippen LogP contribution is 2.15. The Balaban J connectivity index is 2.00. The number of rotatable bonds is 3. The first kappa shape index (κ1) is 10.1. The Labute approximate surface area is 88.2 Å². The molecule has 1 fully saturated rings. The predicted molar refractivity (Wildman–Crippen MR) is 54.1 cm³/mol. The number of carbonyl (C=O) groups is 1. The molecule has 4 nitrogen and oxygen atoms in total. The normalized spacial score (nSPS) is 20.2. The molecule has 1 saturated heterocycles. The molecule has 1 aliphatic rings. The van der Waals surface area contributed by atoms with Gasteiger partial charge in [0.2, 0.25) is 0 Å². The Bertz CT molecular complexity index is 341. The van der Waals surface area contributed by atoms with Gasteiger partial charge in [-0.1, -0.05) is 0 Å². The molecule has 2 rings (SSSR count). The predicted octanol–water partition coefficient (Wildman–Crippen LogP) is 1.45. The van der Waals surface area contributed by atoms with Gasteiger partial charge in [0.15, 0.2) is 5.78 Å². The van der Waals surface area contributed by atoms with Gasteiger partial charge in [-0.2, -0.15) is 0 Å². The number of pyridine rings is 1. The highest BCUT2D eigenvalue weighted by Gasteiger charge is 2.17. The third-order valence-corrected chi connectivity index (χ3v) is 2.29. The molecule has 0 aromatic carbocycles. The highest BCUT2D eigenvalue weighted by atomic mass is 16.5. The summed E-state index contributed by atoms with van der Waals surface area (Å²) in [4.78, 5) is 15.0. The fourth-order valence-corrected chi connectivity index (χ4v) is 1.46. The lowest BCUT2D eigenvalue weighted by Gasteiger charge is -2.10. The van der Waals surface area contributed by atoms with Crippen LogP contribution in [0, 0.1) is 0 Å². The first-order chi connectivity index (χ1) is 7.25. The maximum Gasteiger partial charge on any atom is 0.178 e. The number of carbonyl (C=O) groups excluding carboxylic acids is 1. The van der Waals surface area contributed by atoms with Gasteiger partial charge in [-0.15, -0.1) is 0 Å². The molecule has 0 saturated carbocycles. The number of aromatic nitrogens is 1. The van der Waals surface area contributed by atoms with Crippen LogP contribution in [0.25, 0.3) is 0 Å². The summed E-state index contributed by atoms with van der Waals surface area (Å²) in [6.45, 7) is 2.88. The van der Waals surface area contributed by atoms with Crippen molar-refractivity contribution in [2.24, 2.45) is 0 Å². The topological polar surface area (TPSA) is 48.4 Å². The Morgan fingerprint density at radius 1 is 1.60 bits per heavy atom. The molecule has 1 aliphatic heterocycles. The van der Waals surface area contributed by atoms with Crippen LogP contribution in [0.4, 0.5) is 0 Å². The van der Waals surface area contributed by atoms with Crippen molar-refractivity contribution in [1.29, 1.82) is 0 Å². The minimum absolute atomic E-state index is 0.0363. The monoisotopic (exact) mass is 207 g/mol. The maximum atomic E-state index is 11.0. The summed E-state index contributed by atoms with van der Waals surface area (Å²) in [5.41, 5.74) is 0.463. The molecule has 0 radical (unpaired) electrons. The van der Waals surface area contributed by atoms with Crippen molar-refractivity contribution in [2.45, 2.75) is 19.4 Å². The van der Waals surface area contributed by atoms with Crippen LogP contribution in [0.3, 0.4) is 0 Å². The molecule has 15 heavy (non-hydrogen) atoms. The summed E-state index contributed by atoms with van der Waals surface area (Å²) in [7, 11) is 0. The van der Waals surface area contributed by atoms with Gasteiger partial charge in [0, 0.05) is 13.3 Å². The van der Waals surface area contributed by atoms with Crippen LogP contribution in [0.2, 0.25) is 0 Å². The van der Waals surface area contributed by atoms with Gasteiger partial charge >= 0.3 is 0 Å². The lowest BCUT2D eigenvalue weighted by Crippen LogP contribution is -2.15. The second-order valence-electron chi connectivity index (χ2n) is 3.54. The van der Waals surface area contributed by atoms with Crippen molar-refractivity contribution in [1.82, 2.24) is 4.98 Å². The quantitative estimate of drug-likeness (QED) is 0.704. The lowest BCUT2D eigenvalue weighted by atomic mass is 10.2. The minimum atomic E-state index is -0.0363. The lowest BCUT2D eigenvalue weighted by molar-refractivity contribution is 0.101. The first-order valence-corrected chi connectivity index (χ1v) is 4.97. The summed E-state index contributed by atoms with van der Waals surface area (Å²) in [6, 6.07) is 3.44. The summed E-state index contributed by atoms with van der Waals surface area (Å²) < 4.78 is 10.8. The Morgan fingerprint density at radius 3 is 3.00 bits per heavy atom. The SMILES string of the molecule is CC(=O)c1ccc(OC2CCOC2)cn1. The molecule has 2 heterocycles. The van der Waals surface area contributed by atoms with Gasteiger partial charge in [-0.25, -0.2) is 4.98 Å². The Morgan fingerprint density at radius 2 is 2.47 bits per heavy atom. The van der Waals surface area contributed by atoms with Gasteiger partial charge in [0.05, 0.1) is 19.4 Å². The summed E-state index contributed by atoms with van der Waals surface area (Å²) in [5, 5.41) is 0. The van der Waals surface area contributed by atoms with E-state index in [1.165, 1.54) is 6.92 Å². The van der Waals surface area contributed by atoms with E-state index in [1.54, 1.807) is 18.3 Å². The Hall–Kier alpha value is -1.42. The molecule has 0 aliphatic carbocycles. The summed E-state index contributed by atoms with van der Waals surface area (Å²) in [5.74, 6) is 0.654. The van der Waals surface area contributed by atoms with E-state index in [1.807, 2.05) is 0 Å². The summed E-state index contributed by atoms with van der Waals surface area (Å²) in [6.07, 6.45) is 2.61. The maximum absolute atomic E-state index is 11.0. The van der Waals surface area contributed by atoms with Crippen molar-refractivity contribution in [2.75, 3.05) is 13.2 Å². The van der Waals surface area contributed by atoms with Crippen LogP contribution in [0.15, 0.2) is 18.3 Å². The Kier molecular flexibility index (Phi) is 2.97. The standard InChI is InChI=1S/C11H13NO3/c1-8(13)11-3-2-9(6-12-11)15-10-4-5-14-7-10/h2-3,6,10H,4-5,7H2,1H3. The van der Waals surface area contributed by atoms with Gasteiger partial charge in [0.25, 0.3) is 0 Å². The van der Waals surface area contributed by atoms with Crippen molar-refractivity contribution in [3.05, 3.63) is 24.0 Å². The number of hydrogen-bond acceptors (Lipinski definition) is 4. The molecule has 1 atom stereocenters. The van der Waals surface area contributed by atoms with Crippen LogP contribution in [0.5, 0.6) is 5.75 Å². The van der Waals surface area contributed by atoms with Crippen LogP contribution in [-0.4, -0.2) is 30.1 Å². The van der Waals surface area contributed by atoms with E-state index in [-0.39, 0.29) is 11.9 Å². The van der Waals surface area contributed by atoms with Gasteiger partial charge in [-0.3, -0.25) is 4.79 Å². The number of hydrogen-bond donors (Lipinski definition) is 0. The van der Waals surface area contributed by atoms with Crippen LogP contribution in [-0.2, 0) is 4.74 Å². The molecule has 0 spiro atoms. The average Bonchev–Trinajstić information content (AvgIpc) is 2.71. The largest absolute Gasteiger partial charge is 0.486 e. The molecule has 1 aromatic heterocycles. The molecular formula is C11H13NO3. The zero-order valence-electron chi connectivity index (χ0n) is 8.60. The second kappa shape index (κ2) is 4.40. The van der Waals surface area contributed by atoms with E-state index in [0.717, 1.165) is 13.0 Å². The molecule has 1 aromatic rings. The van der Waals surface area contributed by atoms with E-state index in [2.05, 4.69) is 4.98 Å². The molecular weight excluding hydrogens is 194 g/mol. The number of nitrogens with zero attached hydrogens (tertiary/aromatic N) is 1. The molecule has 0 amide bonds. The average molecular weight is 207 g/mol. The zero-order chi connectivity index (χ0) is 10.7. The van der Waals surface area contributed by atoms with E-state index >= 15 is 0 Å². The summed E-state index contributed by atoms with van der Waals surface area (Å²) >= 11 is 0. The fraction of sp³-hybridized carbons (Fsp3) is 0.455. The van der Waals surface area contributed by atoms with Crippen LogP contribution in [0.1, 0.15) is 23.8 Å². The minimum Gasteiger partial charge on any atom is -0.486 e. The van der Waals surface area contributed by atoms with E-state index in [0.29, 0.717) is 18.1 Å². The zero-order valence-corrected chi connectivity index (χ0v) is 8.60.